The fourth-order valence-electron chi connectivity index (χ4n) is 0.922. The van der Waals surface area contributed by atoms with Gasteiger partial charge in [0.25, 0.3) is 0 Å². The van der Waals surface area contributed by atoms with Gasteiger partial charge in [0.2, 0.25) is 0 Å². The summed E-state index contributed by atoms with van der Waals surface area (Å²) in [6.45, 7) is 9.32. The second kappa shape index (κ2) is 6.88. The Kier molecular flexibility index (Phi) is 6.11. The van der Waals surface area contributed by atoms with Crippen LogP contribution in [0.3, 0.4) is 0 Å². The van der Waals surface area contributed by atoms with Crippen LogP contribution in [0.15, 0.2) is 23.5 Å². The van der Waals surface area contributed by atoms with E-state index in [1.165, 1.54) is 0 Å². The molecule has 0 aromatic carbocycles. The van der Waals surface area contributed by atoms with E-state index in [4.69, 9.17) is 4.74 Å². The number of hydrogen-bond donors (Lipinski definition) is 0. The van der Waals surface area contributed by atoms with E-state index in [9.17, 15) is 0 Å². The topological polar surface area (TPSA) is 39.4 Å². The Hall–Kier alpha value is -1.58. The van der Waals surface area contributed by atoms with Crippen molar-refractivity contribution < 1.29 is 4.74 Å². The number of allylic oxidation sites excluding steroid dienone is 1. The molecule has 0 spiro atoms. The third kappa shape index (κ3) is 2.73. The first-order chi connectivity index (χ1) is 6.83. The van der Waals surface area contributed by atoms with Crippen LogP contribution in [0.2, 0.25) is 0 Å². The molecule has 0 fully saturated rings. The molecule has 0 unspecified atom stereocenters. The maximum Gasteiger partial charge on any atom is 0.301 e. The predicted octanol–water partition coefficient (Wildman–Crippen LogP) is 2.44. The summed E-state index contributed by atoms with van der Waals surface area (Å²) < 4.78 is 6.71. The van der Waals surface area contributed by atoms with Gasteiger partial charge in [-0.25, -0.2) is 9.98 Å². The molecule has 4 heteroatoms. The zero-order chi connectivity index (χ0) is 11.0. The average molecular weight is 195 g/mol. The standard InChI is InChI=1S/C8H11N3O.C2H6/c1-4-7(9-2)11-6-5-10-8(11)12-3;1-2/h4-6H,2H2,1,3H3;1-2H3/b7-4+;. The molecule has 0 amide bonds. The summed E-state index contributed by atoms with van der Waals surface area (Å²) in [6, 6.07) is 0.510. The number of rotatable bonds is 3. The Labute approximate surface area is 84.9 Å². The minimum atomic E-state index is 0.510. The first-order valence-electron chi connectivity index (χ1n) is 4.54. The third-order valence-corrected chi connectivity index (χ3v) is 1.46. The maximum absolute atomic E-state index is 4.99. The molecular weight excluding hydrogens is 178 g/mol. The molecule has 0 aliphatic heterocycles. The van der Waals surface area contributed by atoms with Crippen molar-refractivity contribution in [1.82, 2.24) is 9.55 Å². The van der Waals surface area contributed by atoms with Crippen molar-refractivity contribution in [3.63, 3.8) is 0 Å². The Balaban J connectivity index is 0.000000791. The van der Waals surface area contributed by atoms with Crippen molar-refractivity contribution in [2.24, 2.45) is 4.99 Å². The van der Waals surface area contributed by atoms with E-state index in [1.54, 1.807) is 24.1 Å². The number of methoxy groups -OCH3 is 1. The second-order valence-corrected chi connectivity index (χ2v) is 2.09. The highest BCUT2D eigenvalue weighted by Crippen LogP contribution is 2.14. The number of nitrogens with zero attached hydrogens (tertiary/aromatic N) is 3. The minimum Gasteiger partial charge on any atom is -0.468 e. The summed E-state index contributed by atoms with van der Waals surface area (Å²) in [5, 5.41) is 0. The highest BCUT2D eigenvalue weighted by atomic mass is 16.5. The van der Waals surface area contributed by atoms with E-state index in [1.807, 2.05) is 26.8 Å². The lowest BCUT2D eigenvalue weighted by Crippen LogP contribution is -1.97. The molecule has 1 aromatic rings. The zero-order valence-electron chi connectivity index (χ0n) is 9.19. The fraction of sp³-hybridized carbons (Fsp3) is 0.400. The van der Waals surface area contributed by atoms with E-state index in [0.29, 0.717) is 11.8 Å². The summed E-state index contributed by atoms with van der Waals surface area (Å²) in [5.74, 6) is 0.712. The normalized spacial score (nSPS) is 10.1. The van der Waals surface area contributed by atoms with Gasteiger partial charge in [-0.2, -0.15) is 0 Å². The van der Waals surface area contributed by atoms with Gasteiger partial charge in [-0.3, -0.25) is 4.57 Å². The minimum absolute atomic E-state index is 0.510. The Morgan fingerprint density at radius 2 is 2.29 bits per heavy atom. The Morgan fingerprint density at radius 1 is 1.64 bits per heavy atom. The number of aromatic nitrogens is 2. The van der Waals surface area contributed by atoms with E-state index in [-0.39, 0.29) is 0 Å². The lowest BCUT2D eigenvalue weighted by molar-refractivity contribution is 0.374. The molecule has 14 heavy (non-hydrogen) atoms. The van der Waals surface area contributed by atoms with E-state index < -0.39 is 0 Å². The van der Waals surface area contributed by atoms with Gasteiger partial charge in [0.15, 0.2) is 0 Å². The van der Waals surface area contributed by atoms with Crippen LogP contribution in [0, 0.1) is 0 Å². The van der Waals surface area contributed by atoms with Gasteiger partial charge in [-0.1, -0.05) is 13.8 Å². The van der Waals surface area contributed by atoms with Crippen LogP contribution in [-0.2, 0) is 0 Å². The van der Waals surface area contributed by atoms with Gasteiger partial charge in [0.05, 0.1) is 7.11 Å². The lowest BCUT2D eigenvalue weighted by Gasteiger charge is -2.04. The number of imidazole rings is 1. The molecule has 1 heterocycles. The smallest absolute Gasteiger partial charge is 0.301 e. The van der Waals surface area contributed by atoms with Crippen molar-refractivity contribution in [2.75, 3.05) is 7.11 Å². The molecule has 1 aromatic heterocycles. The molecule has 0 aliphatic carbocycles. The van der Waals surface area contributed by atoms with Crippen LogP contribution >= 0.6 is 0 Å². The summed E-state index contributed by atoms with van der Waals surface area (Å²) in [6.07, 6.45) is 5.24. The van der Waals surface area contributed by atoms with Gasteiger partial charge in [0.1, 0.15) is 5.82 Å². The quantitative estimate of drug-likeness (QED) is 0.695. The van der Waals surface area contributed by atoms with Gasteiger partial charge in [-0.05, 0) is 19.7 Å². The van der Waals surface area contributed by atoms with Crippen LogP contribution in [0.5, 0.6) is 6.01 Å². The van der Waals surface area contributed by atoms with E-state index in [2.05, 4.69) is 16.7 Å². The molecule has 0 aliphatic rings. The average Bonchev–Trinajstić information content (AvgIpc) is 2.71. The molecule has 78 valence electrons. The van der Waals surface area contributed by atoms with E-state index in [0.717, 1.165) is 0 Å². The van der Waals surface area contributed by atoms with Crippen molar-refractivity contribution in [3.05, 3.63) is 18.5 Å². The predicted molar refractivity (Wildman–Crippen MR) is 59.6 cm³/mol. The molecule has 4 nitrogen and oxygen atoms in total. The molecule has 0 saturated carbocycles. The Morgan fingerprint density at radius 3 is 2.71 bits per heavy atom. The van der Waals surface area contributed by atoms with Crippen LogP contribution in [-0.4, -0.2) is 23.4 Å². The highest BCUT2D eigenvalue weighted by Gasteiger charge is 2.03. The summed E-state index contributed by atoms with van der Waals surface area (Å²) in [4.78, 5) is 7.78. The van der Waals surface area contributed by atoms with Crippen LogP contribution in [0.25, 0.3) is 5.82 Å². The van der Waals surface area contributed by atoms with Crippen molar-refractivity contribution in [1.29, 1.82) is 0 Å². The van der Waals surface area contributed by atoms with Crippen LogP contribution in [0.4, 0.5) is 0 Å². The molecule has 0 radical (unpaired) electrons. The van der Waals surface area contributed by atoms with Gasteiger partial charge in [-0.15, -0.1) is 0 Å². The summed E-state index contributed by atoms with van der Waals surface area (Å²) >= 11 is 0. The maximum atomic E-state index is 4.99. The molecule has 0 bridgehead atoms. The van der Waals surface area contributed by atoms with Crippen LogP contribution in [0.1, 0.15) is 20.8 Å². The van der Waals surface area contributed by atoms with Gasteiger partial charge in [0, 0.05) is 12.4 Å². The molecule has 0 saturated heterocycles. The van der Waals surface area contributed by atoms with Crippen molar-refractivity contribution in [2.45, 2.75) is 20.8 Å². The SMILES string of the molecule is C=N/C(=C\C)n1ccnc1OC.CC. The molecular formula is C10H17N3O. The summed E-state index contributed by atoms with van der Waals surface area (Å²) in [7, 11) is 1.56. The Bertz CT molecular complexity index is 302. The number of ether oxygens (including phenoxy) is 1. The van der Waals surface area contributed by atoms with Gasteiger partial charge < -0.3 is 4.74 Å². The van der Waals surface area contributed by atoms with E-state index >= 15 is 0 Å². The number of aliphatic imine (C=N–C) groups is 1. The fourth-order valence-corrected chi connectivity index (χ4v) is 0.922. The number of hydrogen-bond acceptors (Lipinski definition) is 3. The first kappa shape index (κ1) is 12.4. The van der Waals surface area contributed by atoms with Crippen molar-refractivity contribution in [3.8, 4) is 6.01 Å². The third-order valence-electron chi connectivity index (χ3n) is 1.46. The highest BCUT2D eigenvalue weighted by molar-refractivity contribution is 5.52. The monoisotopic (exact) mass is 195 g/mol. The molecule has 0 atom stereocenters. The van der Waals surface area contributed by atoms with Crippen LogP contribution < -0.4 is 4.74 Å². The second-order valence-electron chi connectivity index (χ2n) is 2.09. The largest absolute Gasteiger partial charge is 0.468 e. The summed E-state index contributed by atoms with van der Waals surface area (Å²) in [5.41, 5.74) is 0. The first-order valence-corrected chi connectivity index (χ1v) is 4.54. The van der Waals surface area contributed by atoms with Crippen molar-refractivity contribution >= 4 is 12.5 Å². The van der Waals surface area contributed by atoms with Gasteiger partial charge >= 0.3 is 6.01 Å². The lowest BCUT2D eigenvalue weighted by atomic mass is 10.6. The zero-order valence-corrected chi connectivity index (χ0v) is 9.19. The molecule has 0 N–H and O–H groups in total. The molecule has 1 rings (SSSR count).